The van der Waals surface area contributed by atoms with Crippen LogP contribution in [0.4, 0.5) is 0 Å². The van der Waals surface area contributed by atoms with E-state index in [1.165, 1.54) is 4.90 Å². The Bertz CT molecular complexity index is 330. The zero-order valence-electron chi connectivity index (χ0n) is 10.7. The third-order valence-corrected chi connectivity index (χ3v) is 3.83. The van der Waals surface area contributed by atoms with E-state index in [0.717, 1.165) is 0 Å². The first kappa shape index (κ1) is 16.4. The Hall–Kier alpha value is 0.0300. The van der Waals surface area contributed by atoms with Crippen molar-refractivity contribution in [1.82, 2.24) is 10.2 Å². The number of hydrogen-bond donors (Lipinski definition) is 7. The molecule has 0 aliphatic carbocycles. The van der Waals surface area contributed by atoms with Gasteiger partial charge >= 0.3 is 115 Å². The Balaban J connectivity index is 1.87. The van der Waals surface area contributed by atoms with Gasteiger partial charge in [0.05, 0.1) is 0 Å². The van der Waals surface area contributed by atoms with E-state index in [4.69, 9.17) is 19.4 Å². The van der Waals surface area contributed by atoms with Gasteiger partial charge in [0.15, 0.2) is 0 Å². The van der Waals surface area contributed by atoms with E-state index in [9.17, 15) is 15.3 Å². The molecule has 7 N–H and O–H groups in total. The summed E-state index contributed by atoms with van der Waals surface area (Å²) in [6.45, 7) is 0.0482. The van der Waals surface area contributed by atoms with Crippen LogP contribution in [0, 0.1) is 0 Å². The van der Waals surface area contributed by atoms with Crippen molar-refractivity contribution < 1.29 is 39.3 Å². The molecule has 0 saturated carbocycles. The first-order chi connectivity index (χ1) is 9.26. The molecule has 11 heteroatoms. The van der Waals surface area contributed by atoms with E-state index in [1.807, 2.05) is 0 Å². The number of rotatable bonds is 4. The van der Waals surface area contributed by atoms with Crippen molar-refractivity contribution in [2.75, 3.05) is 13.2 Å². The summed E-state index contributed by atoms with van der Waals surface area (Å²) in [5.41, 5.74) is 0. The van der Waals surface area contributed by atoms with Crippen molar-refractivity contribution in [3.8, 4) is 0 Å². The second-order valence-corrected chi connectivity index (χ2v) is 6.36. The Morgan fingerprint density at radius 2 is 1.95 bits per heavy atom. The molecular weight excluding hydrogens is 295 g/mol. The van der Waals surface area contributed by atoms with Crippen LogP contribution in [-0.2, 0) is 9.26 Å². The van der Waals surface area contributed by atoms with Crippen LogP contribution in [0.25, 0.3) is 0 Å². The predicted octanol–water partition coefficient (Wildman–Crippen LogP) is -3.24. The third-order valence-electron chi connectivity index (χ3n) is 3.27. The number of hydrogen-bond acceptors (Lipinski definition) is 10. The SMILES string of the molecule is OC1CCN(C2OC(CO[PH](O)(O)O)CC2O)C(O)N1. The van der Waals surface area contributed by atoms with E-state index >= 15 is 0 Å². The summed E-state index contributed by atoms with van der Waals surface area (Å²) in [6.07, 6.45) is -3.77. The van der Waals surface area contributed by atoms with Gasteiger partial charge in [-0.2, -0.15) is 0 Å². The molecule has 5 atom stereocenters. The summed E-state index contributed by atoms with van der Waals surface area (Å²) < 4.78 is 9.95. The van der Waals surface area contributed by atoms with E-state index in [-0.39, 0.29) is 13.0 Å². The predicted molar refractivity (Wildman–Crippen MR) is 66.7 cm³/mol. The zero-order chi connectivity index (χ0) is 14.9. The molecule has 5 unspecified atom stereocenters. The van der Waals surface area contributed by atoms with Gasteiger partial charge in [0.1, 0.15) is 0 Å². The summed E-state index contributed by atoms with van der Waals surface area (Å²) in [6, 6.07) is 0. The van der Waals surface area contributed by atoms with E-state index in [2.05, 4.69) is 9.84 Å². The maximum atomic E-state index is 9.92. The summed E-state index contributed by atoms with van der Waals surface area (Å²) in [7, 11) is -4.60. The molecule has 0 radical (unpaired) electrons. The molecule has 2 rings (SSSR count). The van der Waals surface area contributed by atoms with Crippen LogP contribution in [-0.4, -0.2) is 79.1 Å². The maximum absolute atomic E-state index is 9.92. The molecule has 0 aromatic carbocycles. The van der Waals surface area contributed by atoms with Crippen molar-refractivity contribution in [3.05, 3.63) is 0 Å². The second-order valence-electron chi connectivity index (χ2n) is 4.92. The molecule has 0 spiro atoms. The molecule has 20 heavy (non-hydrogen) atoms. The van der Waals surface area contributed by atoms with E-state index in [0.29, 0.717) is 13.0 Å². The van der Waals surface area contributed by atoms with Gasteiger partial charge in [-0.1, -0.05) is 0 Å². The first-order valence-electron chi connectivity index (χ1n) is 6.29. The summed E-state index contributed by atoms with van der Waals surface area (Å²) >= 11 is 0. The fourth-order valence-electron chi connectivity index (χ4n) is 2.35. The number of nitrogens with zero attached hydrogens (tertiary/aromatic N) is 1. The minimum atomic E-state index is -4.60. The van der Waals surface area contributed by atoms with Gasteiger partial charge in [0, 0.05) is 0 Å². The van der Waals surface area contributed by atoms with Gasteiger partial charge in [-0.05, 0) is 0 Å². The average Bonchev–Trinajstić information content (AvgIpc) is 2.67. The fraction of sp³-hybridized carbons (Fsp3) is 1.00. The van der Waals surface area contributed by atoms with Crippen LogP contribution in [0.15, 0.2) is 0 Å². The topological polar surface area (TPSA) is 155 Å². The molecule has 0 amide bonds. The van der Waals surface area contributed by atoms with Gasteiger partial charge in [-0.15, -0.1) is 0 Å². The van der Waals surface area contributed by atoms with Gasteiger partial charge < -0.3 is 0 Å². The normalized spacial score (nSPS) is 41.0. The summed E-state index contributed by atoms with van der Waals surface area (Å²) in [5.74, 6) is 0. The molecule has 2 saturated heterocycles. The molecule has 120 valence electrons. The zero-order valence-corrected chi connectivity index (χ0v) is 11.7. The van der Waals surface area contributed by atoms with E-state index in [1.54, 1.807) is 0 Å². The molecule has 10 nitrogen and oxygen atoms in total. The van der Waals surface area contributed by atoms with Crippen LogP contribution in [0.5, 0.6) is 0 Å². The number of aliphatic hydroxyl groups is 3. The third kappa shape index (κ3) is 4.26. The Labute approximate surface area is 115 Å². The molecular formula is C9H21N2O8P. The van der Waals surface area contributed by atoms with Crippen molar-refractivity contribution >= 4 is 8.17 Å². The standard InChI is InChI=1S/C9H21N2O8P/c12-6-3-5(4-18-20(15,16)17)19-8(6)11-2-1-7(13)10-9(11)14/h5-10,12-17,20H,1-4H2. The first-order valence-corrected chi connectivity index (χ1v) is 8.04. The molecule has 2 fully saturated rings. The van der Waals surface area contributed by atoms with Crippen molar-refractivity contribution in [1.29, 1.82) is 0 Å². The van der Waals surface area contributed by atoms with Crippen molar-refractivity contribution in [3.63, 3.8) is 0 Å². The van der Waals surface area contributed by atoms with Gasteiger partial charge in [0.25, 0.3) is 0 Å². The second kappa shape index (κ2) is 6.42. The van der Waals surface area contributed by atoms with Crippen molar-refractivity contribution in [2.45, 2.75) is 43.9 Å². The monoisotopic (exact) mass is 316 g/mol. The number of ether oxygens (including phenoxy) is 1. The number of aliphatic hydroxyl groups excluding tert-OH is 3. The molecule has 2 heterocycles. The van der Waals surface area contributed by atoms with Crippen LogP contribution in [0.3, 0.4) is 0 Å². The van der Waals surface area contributed by atoms with Crippen molar-refractivity contribution in [2.24, 2.45) is 0 Å². The summed E-state index contributed by atoms with van der Waals surface area (Å²) in [4.78, 5) is 27.7. The molecule has 0 bridgehead atoms. The average molecular weight is 316 g/mol. The quantitative estimate of drug-likeness (QED) is 0.263. The number of nitrogens with one attached hydrogen (secondary N) is 1. The van der Waals surface area contributed by atoms with Crippen LogP contribution >= 0.6 is 8.17 Å². The molecule has 2 aliphatic rings. The van der Waals surface area contributed by atoms with Crippen LogP contribution in [0.1, 0.15) is 12.8 Å². The molecule has 2 aliphatic heterocycles. The van der Waals surface area contributed by atoms with Crippen LogP contribution in [0.2, 0.25) is 0 Å². The fourth-order valence-corrected chi connectivity index (χ4v) is 2.76. The van der Waals surface area contributed by atoms with Gasteiger partial charge in [0.2, 0.25) is 0 Å². The molecule has 0 aromatic rings. The Morgan fingerprint density at radius 1 is 1.25 bits per heavy atom. The van der Waals surface area contributed by atoms with Crippen LogP contribution < -0.4 is 5.32 Å². The Kier molecular flexibility index (Phi) is 5.27. The van der Waals surface area contributed by atoms with Gasteiger partial charge in [-0.3, -0.25) is 0 Å². The van der Waals surface area contributed by atoms with Gasteiger partial charge in [-0.25, -0.2) is 0 Å². The van der Waals surface area contributed by atoms with E-state index < -0.39 is 39.2 Å². The minimum absolute atomic E-state index is 0.168. The molecule has 0 aromatic heterocycles. The summed E-state index contributed by atoms with van der Waals surface area (Å²) in [5, 5.41) is 31.5. The Morgan fingerprint density at radius 3 is 2.55 bits per heavy atom.